The zero-order valence-electron chi connectivity index (χ0n) is 7.51. The van der Waals surface area contributed by atoms with E-state index >= 15 is 0 Å². The van der Waals surface area contributed by atoms with Gasteiger partial charge in [0.05, 0.1) is 0 Å². The van der Waals surface area contributed by atoms with Gasteiger partial charge in [0.2, 0.25) is 0 Å². The Morgan fingerprint density at radius 1 is 0.714 bits per heavy atom. The zero-order valence-corrected chi connectivity index (χ0v) is 8.69. The van der Waals surface area contributed by atoms with Crippen LogP contribution in [0.4, 0.5) is 0 Å². The minimum atomic E-state index is -1.08. The molecule has 0 fully saturated rings. The van der Waals surface area contributed by atoms with Gasteiger partial charge in [-0.05, 0) is 13.8 Å². The van der Waals surface area contributed by atoms with E-state index in [1.54, 1.807) is 0 Å². The Kier molecular flexibility index (Phi) is 289. The molecule has 0 amide bonds. The van der Waals surface area contributed by atoms with Crippen molar-refractivity contribution >= 4 is 11.9 Å². The maximum atomic E-state index is 8.89. The van der Waals surface area contributed by atoms with Gasteiger partial charge in [-0.3, -0.25) is 0 Å². The Morgan fingerprint density at radius 2 is 0.714 bits per heavy atom. The van der Waals surface area contributed by atoms with Crippen molar-refractivity contribution in [2.45, 2.75) is 13.8 Å². The smallest absolute Gasteiger partial charge is 0.550 e. The van der Waals surface area contributed by atoms with Crippen LogP contribution in [0.5, 0.6) is 0 Å². The van der Waals surface area contributed by atoms with Gasteiger partial charge in [-0.25, -0.2) is 0 Å². The van der Waals surface area contributed by atoms with Crippen molar-refractivity contribution in [1.29, 1.82) is 0 Å². The second kappa shape index (κ2) is 56.2. The van der Waals surface area contributed by atoms with Crippen molar-refractivity contribution in [3.63, 3.8) is 0 Å². The molecule has 1 radical (unpaired) electrons. The van der Waals surface area contributed by atoms with E-state index in [-0.39, 0.29) is 44.4 Å². The van der Waals surface area contributed by atoms with Crippen LogP contribution >= 0.6 is 0 Å². The third-order valence-electron chi connectivity index (χ3n) is 0. The Hall–Kier alpha value is -0.741. The predicted octanol–water partition coefficient (Wildman–Crippen LogP) is -6.61. The number of carboxylic acid groups (broad SMARTS) is 2. The summed E-state index contributed by atoms with van der Waals surface area (Å²) in [5, 5.41) is 17.8. The fourth-order valence-electron chi connectivity index (χ4n) is 0. The number of hydrogen-bond donors (Lipinski definition) is 0. The molecule has 10 heteroatoms. The number of carbonyl (C=O) groups is 2. The van der Waals surface area contributed by atoms with Gasteiger partial charge in [-0.15, -0.1) is 0 Å². The average Bonchev–Trinajstić information content (AvgIpc) is 1.25. The quantitative estimate of drug-likeness (QED) is 0.386. The topological polar surface area (TPSA) is 238 Å². The first-order valence-electron chi connectivity index (χ1n) is 1.82. The molecule has 0 aromatic rings. The zero-order chi connectivity index (χ0) is 7.15. The second-order valence-corrected chi connectivity index (χ2v) is 0.983. The Labute approximate surface area is 90.8 Å². The molecule has 0 aliphatic carbocycles. The molecular formula is C4H16MnO9. The summed E-state index contributed by atoms with van der Waals surface area (Å²) in [6.45, 7) is 1.94. The summed E-state index contributed by atoms with van der Waals surface area (Å²) < 4.78 is 0. The SMILES string of the molecule is CC(=O)[O-].CC(=O)[O-].O.O.O.O.O.[Mn+2]. The molecule has 0 spiro atoms. The van der Waals surface area contributed by atoms with Crippen LogP contribution in [0.1, 0.15) is 13.8 Å². The summed E-state index contributed by atoms with van der Waals surface area (Å²) in [5.41, 5.74) is 0. The number of aliphatic carboxylic acids is 2. The van der Waals surface area contributed by atoms with E-state index < -0.39 is 11.9 Å². The molecule has 0 aliphatic heterocycles. The molecule has 0 heterocycles. The summed E-state index contributed by atoms with van der Waals surface area (Å²) in [6, 6.07) is 0. The largest absolute Gasteiger partial charge is 2.00 e. The third-order valence-corrected chi connectivity index (χ3v) is 0. The summed E-state index contributed by atoms with van der Waals surface area (Å²) in [5.74, 6) is -2.17. The van der Waals surface area contributed by atoms with Crippen LogP contribution < -0.4 is 10.2 Å². The van der Waals surface area contributed by atoms with Crippen LogP contribution in [0.25, 0.3) is 0 Å². The summed E-state index contributed by atoms with van der Waals surface area (Å²) in [7, 11) is 0. The minimum absolute atomic E-state index is 0. The summed E-state index contributed by atoms with van der Waals surface area (Å²) in [6.07, 6.45) is 0. The molecule has 0 aliphatic rings. The van der Waals surface area contributed by atoms with Gasteiger partial charge in [0.1, 0.15) is 0 Å². The van der Waals surface area contributed by atoms with Crippen molar-refractivity contribution < 1.29 is 64.3 Å². The molecule has 10 N–H and O–H groups in total. The monoisotopic (exact) mass is 263 g/mol. The number of carboxylic acids is 2. The molecule has 0 saturated heterocycles. The van der Waals surface area contributed by atoms with E-state index in [0.717, 1.165) is 13.8 Å². The maximum Gasteiger partial charge on any atom is 2.00 e. The number of rotatable bonds is 0. The van der Waals surface area contributed by atoms with E-state index in [4.69, 9.17) is 19.8 Å². The van der Waals surface area contributed by atoms with Gasteiger partial charge in [0.25, 0.3) is 0 Å². The second-order valence-electron chi connectivity index (χ2n) is 0.983. The number of carbonyl (C=O) groups excluding carboxylic acids is 2. The van der Waals surface area contributed by atoms with E-state index in [1.807, 2.05) is 0 Å². The standard InChI is InChI=1S/2C2H4O2.Mn.5H2O/c2*1-2(3)4;;;;;;/h2*1H3,(H,3,4);;5*1H2/q;;+2;;;;;/p-2. The summed E-state index contributed by atoms with van der Waals surface area (Å²) >= 11 is 0. The van der Waals surface area contributed by atoms with Crippen LogP contribution in [0.3, 0.4) is 0 Å². The van der Waals surface area contributed by atoms with Crippen molar-refractivity contribution in [1.82, 2.24) is 0 Å². The van der Waals surface area contributed by atoms with Crippen LogP contribution in [0.15, 0.2) is 0 Å². The van der Waals surface area contributed by atoms with Gasteiger partial charge in [-0.2, -0.15) is 0 Å². The minimum Gasteiger partial charge on any atom is -0.550 e. The molecule has 0 rings (SSSR count). The van der Waals surface area contributed by atoms with Crippen molar-refractivity contribution in [3.05, 3.63) is 0 Å². The van der Waals surface area contributed by atoms with Crippen LogP contribution in [0.2, 0.25) is 0 Å². The number of hydrogen-bond acceptors (Lipinski definition) is 4. The van der Waals surface area contributed by atoms with Gasteiger partial charge < -0.3 is 47.2 Å². The van der Waals surface area contributed by atoms with E-state index in [1.165, 1.54) is 0 Å². The first-order chi connectivity index (χ1) is 3.46. The molecule has 14 heavy (non-hydrogen) atoms. The average molecular weight is 263 g/mol. The van der Waals surface area contributed by atoms with Crippen molar-refractivity contribution in [2.75, 3.05) is 0 Å². The predicted molar refractivity (Wildman–Crippen MR) is 39.4 cm³/mol. The Bertz CT molecular complexity index is 74.8. The van der Waals surface area contributed by atoms with Crippen LogP contribution in [-0.2, 0) is 26.7 Å². The molecular weight excluding hydrogens is 247 g/mol. The third kappa shape index (κ3) is 2160. The fraction of sp³-hybridized carbons (Fsp3) is 0.500. The van der Waals surface area contributed by atoms with E-state index in [0.29, 0.717) is 0 Å². The maximum absolute atomic E-state index is 8.89. The van der Waals surface area contributed by atoms with Crippen LogP contribution in [0, 0.1) is 0 Å². The van der Waals surface area contributed by atoms with Gasteiger partial charge in [0.15, 0.2) is 0 Å². The molecule has 93 valence electrons. The molecule has 0 aromatic carbocycles. The molecule has 9 nitrogen and oxygen atoms in total. The molecule has 0 aromatic heterocycles. The van der Waals surface area contributed by atoms with Crippen LogP contribution in [-0.4, -0.2) is 39.3 Å². The van der Waals surface area contributed by atoms with Crippen molar-refractivity contribution in [3.8, 4) is 0 Å². The Morgan fingerprint density at radius 3 is 0.714 bits per heavy atom. The Balaban J connectivity index is -0.00000000600. The molecule has 0 atom stereocenters. The van der Waals surface area contributed by atoms with E-state index in [2.05, 4.69) is 0 Å². The molecule has 0 saturated carbocycles. The molecule has 0 bridgehead atoms. The van der Waals surface area contributed by atoms with E-state index in [9.17, 15) is 0 Å². The first kappa shape index (κ1) is 72.0. The van der Waals surface area contributed by atoms with Crippen molar-refractivity contribution in [2.24, 2.45) is 0 Å². The van der Waals surface area contributed by atoms with Gasteiger partial charge >= 0.3 is 17.1 Å². The fourth-order valence-corrected chi connectivity index (χ4v) is 0. The normalized spacial score (nSPS) is 3.57. The van der Waals surface area contributed by atoms with Gasteiger partial charge in [0, 0.05) is 11.9 Å². The molecule has 0 unspecified atom stereocenters. The first-order valence-corrected chi connectivity index (χ1v) is 1.82. The summed E-state index contributed by atoms with van der Waals surface area (Å²) in [4.78, 5) is 17.8. The van der Waals surface area contributed by atoms with Gasteiger partial charge in [-0.1, -0.05) is 0 Å².